The minimum atomic E-state index is 0.672. The summed E-state index contributed by atoms with van der Waals surface area (Å²) in [4.78, 5) is 8.93. The van der Waals surface area contributed by atoms with E-state index in [0.717, 1.165) is 17.0 Å². The molecule has 3 aromatic rings. The molecular formula is C17H18N6. The van der Waals surface area contributed by atoms with Crippen LogP contribution in [-0.4, -0.2) is 29.5 Å². The summed E-state index contributed by atoms with van der Waals surface area (Å²) in [7, 11) is 3.87. The third-order valence-electron chi connectivity index (χ3n) is 4.10. The predicted octanol–water partition coefficient (Wildman–Crippen LogP) is 2.66. The molecular weight excluding hydrogens is 288 g/mol. The van der Waals surface area contributed by atoms with Crippen LogP contribution in [0, 0.1) is 0 Å². The first-order valence-corrected chi connectivity index (χ1v) is 7.73. The summed E-state index contributed by atoms with van der Waals surface area (Å²) in [5.74, 6) is 1.36. The van der Waals surface area contributed by atoms with Crippen LogP contribution in [-0.2, 0) is 14.1 Å². The highest BCUT2D eigenvalue weighted by atomic mass is 15.3. The van der Waals surface area contributed by atoms with Gasteiger partial charge in [-0.15, -0.1) is 0 Å². The lowest BCUT2D eigenvalue weighted by Gasteiger charge is -2.00. The molecule has 4 rings (SSSR count). The molecule has 0 aliphatic heterocycles. The van der Waals surface area contributed by atoms with E-state index in [1.54, 1.807) is 10.9 Å². The third-order valence-corrected chi connectivity index (χ3v) is 4.10. The average Bonchev–Trinajstić information content (AvgIpc) is 3.20. The molecule has 0 N–H and O–H groups in total. The molecule has 6 nitrogen and oxygen atoms in total. The molecule has 0 spiro atoms. The van der Waals surface area contributed by atoms with Crippen LogP contribution < -0.4 is 0 Å². The van der Waals surface area contributed by atoms with Crippen LogP contribution in [0.4, 0.5) is 0 Å². The van der Waals surface area contributed by atoms with Crippen molar-refractivity contribution < 1.29 is 0 Å². The zero-order valence-electron chi connectivity index (χ0n) is 13.2. The van der Waals surface area contributed by atoms with Crippen molar-refractivity contribution in [2.24, 2.45) is 14.1 Å². The van der Waals surface area contributed by atoms with E-state index < -0.39 is 0 Å². The number of rotatable bonds is 4. The molecule has 0 amide bonds. The molecule has 0 saturated heterocycles. The van der Waals surface area contributed by atoms with E-state index >= 15 is 0 Å². The van der Waals surface area contributed by atoms with Crippen molar-refractivity contribution in [3.8, 4) is 11.3 Å². The van der Waals surface area contributed by atoms with Gasteiger partial charge in [-0.2, -0.15) is 10.2 Å². The maximum atomic E-state index is 4.59. The van der Waals surface area contributed by atoms with Crippen LogP contribution in [0.25, 0.3) is 23.4 Å². The Labute approximate surface area is 134 Å². The Hall–Kier alpha value is -2.76. The van der Waals surface area contributed by atoms with E-state index in [0.29, 0.717) is 11.7 Å². The van der Waals surface area contributed by atoms with Gasteiger partial charge in [-0.1, -0.05) is 0 Å². The lowest BCUT2D eigenvalue weighted by molar-refractivity contribution is 0.758. The van der Waals surface area contributed by atoms with Gasteiger partial charge in [0.25, 0.3) is 0 Å². The molecule has 23 heavy (non-hydrogen) atoms. The van der Waals surface area contributed by atoms with E-state index in [2.05, 4.69) is 26.2 Å². The largest absolute Gasteiger partial charge is 0.275 e. The Morgan fingerprint density at radius 3 is 2.74 bits per heavy atom. The first kappa shape index (κ1) is 13.9. The van der Waals surface area contributed by atoms with Gasteiger partial charge in [0.2, 0.25) is 0 Å². The minimum Gasteiger partial charge on any atom is -0.275 e. The van der Waals surface area contributed by atoms with Crippen LogP contribution >= 0.6 is 0 Å². The van der Waals surface area contributed by atoms with E-state index in [1.165, 1.54) is 18.4 Å². The van der Waals surface area contributed by atoms with Gasteiger partial charge in [-0.05, 0) is 37.0 Å². The smallest absolute Gasteiger partial charge is 0.152 e. The van der Waals surface area contributed by atoms with E-state index in [1.807, 2.05) is 49.5 Å². The maximum absolute atomic E-state index is 4.59. The quantitative estimate of drug-likeness (QED) is 0.743. The molecule has 1 aliphatic carbocycles. The monoisotopic (exact) mass is 306 g/mol. The predicted molar refractivity (Wildman–Crippen MR) is 88.3 cm³/mol. The second kappa shape index (κ2) is 5.46. The van der Waals surface area contributed by atoms with Crippen LogP contribution in [0.15, 0.2) is 30.9 Å². The summed E-state index contributed by atoms with van der Waals surface area (Å²) >= 11 is 0. The third kappa shape index (κ3) is 2.79. The van der Waals surface area contributed by atoms with Crippen molar-refractivity contribution >= 4 is 12.2 Å². The molecule has 0 aromatic carbocycles. The van der Waals surface area contributed by atoms with Gasteiger partial charge in [0.1, 0.15) is 0 Å². The number of nitrogens with zero attached hydrogens (tertiary/aromatic N) is 6. The fourth-order valence-electron chi connectivity index (χ4n) is 2.70. The van der Waals surface area contributed by atoms with Gasteiger partial charge < -0.3 is 0 Å². The van der Waals surface area contributed by atoms with Crippen molar-refractivity contribution in [3.63, 3.8) is 0 Å². The normalized spacial score (nSPS) is 14.7. The number of hydrogen-bond donors (Lipinski definition) is 0. The molecule has 0 unspecified atom stereocenters. The Balaban J connectivity index is 1.63. The fourth-order valence-corrected chi connectivity index (χ4v) is 2.70. The highest BCUT2D eigenvalue weighted by molar-refractivity contribution is 5.68. The second-order valence-corrected chi connectivity index (χ2v) is 5.92. The molecule has 0 bridgehead atoms. The van der Waals surface area contributed by atoms with Gasteiger partial charge >= 0.3 is 0 Å². The summed E-state index contributed by atoms with van der Waals surface area (Å²) < 4.78 is 3.68. The first-order chi connectivity index (χ1) is 11.2. The zero-order chi connectivity index (χ0) is 15.8. The molecule has 1 fully saturated rings. The van der Waals surface area contributed by atoms with E-state index in [9.17, 15) is 0 Å². The van der Waals surface area contributed by atoms with Gasteiger partial charge in [0, 0.05) is 37.6 Å². The van der Waals surface area contributed by atoms with Gasteiger partial charge in [0.05, 0.1) is 23.8 Å². The van der Waals surface area contributed by atoms with E-state index in [-0.39, 0.29) is 0 Å². The molecule has 0 radical (unpaired) electrons. The molecule has 116 valence electrons. The molecule has 3 heterocycles. The Morgan fingerprint density at radius 1 is 1.13 bits per heavy atom. The van der Waals surface area contributed by atoms with Crippen molar-refractivity contribution in [1.82, 2.24) is 29.5 Å². The van der Waals surface area contributed by atoms with Crippen LogP contribution in [0.3, 0.4) is 0 Å². The van der Waals surface area contributed by atoms with Gasteiger partial charge in [-0.25, -0.2) is 9.97 Å². The Kier molecular flexibility index (Phi) is 3.29. The molecule has 1 saturated carbocycles. The summed E-state index contributed by atoms with van der Waals surface area (Å²) in [6, 6.07) is 1.90. The lowest BCUT2D eigenvalue weighted by atomic mass is 10.1. The first-order valence-electron chi connectivity index (χ1n) is 7.73. The average molecular weight is 306 g/mol. The number of hydrogen-bond acceptors (Lipinski definition) is 4. The number of aromatic nitrogens is 6. The maximum Gasteiger partial charge on any atom is 0.152 e. The van der Waals surface area contributed by atoms with Crippen molar-refractivity contribution in [3.05, 3.63) is 47.9 Å². The van der Waals surface area contributed by atoms with Gasteiger partial charge in [0.15, 0.2) is 5.82 Å². The van der Waals surface area contributed by atoms with Crippen molar-refractivity contribution in [2.45, 2.75) is 18.8 Å². The van der Waals surface area contributed by atoms with Crippen LogP contribution in [0.1, 0.15) is 35.8 Å². The zero-order valence-corrected chi connectivity index (χ0v) is 13.2. The van der Waals surface area contributed by atoms with E-state index in [4.69, 9.17) is 0 Å². The molecule has 6 heteroatoms. The van der Waals surface area contributed by atoms with Crippen LogP contribution in [0.2, 0.25) is 0 Å². The highest BCUT2D eigenvalue weighted by Crippen LogP contribution is 2.41. The van der Waals surface area contributed by atoms with Gasteiger partial charge in [-0.3, -0.25) is 9.36 Å². The van der Waals surface area contributed by atoms with Crippen LogP contribution in [0.5, 0.6) is 0 Å². The standard InChI is InChI=1S/C17H18N6/c1-22-11-13(9-19-22)15-7-8-18-17(21-15)6-5-16-14(12-3-4-12)10-20-23(16)2/h5-12H,3-4H2,1-2H3. The topological polar surface area (TPSA) is 61.4 Å². The van der Waals surface area contributed by atoms with Crippen molar-refractivity contribution in [1.29, 1.82) is 0 Å². The summed E-state index contributed by atoms with van der Waals surface area (Å²) in [6.45, 7) is 0. The molecule has 0 atom stereocenters. The minimum absolute atomic E-state index is 0.672. The number of aryl methyl sites for hydroxylation is 2. The lowest BCUT2D eigenvalue weighted by Crippen LogP contribution is -1.95. The highest BCUT2D eigenvalue weighted by Gasteiger charge is 2.27. The summed E-state index contributed by atoms with van der Waals surface area (Å²) in [5, 5.41) is 8.56. The fraction of sp³-hybridized carbons (Fsp3) is 0.294. The Bertz CT molecular complexity index is 869. The SMILES string of the molecule is Cn1cc(-c2ccnc(C=Cc3c(C4CC4)cnn3C)n2)cn1. The van der Waals surface area contributed by atoms with Crippen molar-refractivity contribution in [2.75, 3.05) is 0 Å². The Morgan fingerprint density at radius 2 is 2.00 bits per heavy atom. The summed E-state index contributed by atoms with van der Waals surface area (Å²) in [5.41, 5.74) is 4.33. The molecule has 3 aromatic heterocycles. The molecule has 1 aliphatic rings. The second-order valence-electron chi connectivity index (χ2n) is 5.92. The summed E-state index contributed by atoms with van der Waals surface area (Å²) in [6.07, 6.45) is 14.0.